The molecule has 0 bridgehead atoms. The lowest BCUT2D eigenvalue weighted by atomic mass is 10.1. The van der Waals surface area contributed by atoms with Crippen molar-refractivity contribution in [3.05, 3.63) is 72.3 Å². The molecule has 0 aromatic heterocycles. The Kier molecular flexibility index (Phi) is 3.84. The zero-order chi connectivity index (χ0) is 14.7. The number of fused-ring (bicyclic) bond motifs is 1. The van der Waals surface area contributed by atoms with Gasteiger partial charge in [-0.15, -0.1) is 0 Å². The number of hydrogen-bond acceptors (Lipinski definition) is 3. The number of aryl methyl sites for hydroxylation is 1. The molecular weight excluding hydrogens is 280 g/mol. The van der Waals surface area contributed by atoms with Gasteiger partial charge in [-0.05, 0) is 42.0 Å². The molecule has 2 nitrogen and oxygen atoms in total. The van der Waals surface area contributed by atoms with Gasteiger partial charge >= 0.3 is 5.24 Å². The van der Waals surface area contributed by atoms with Gasteiger partial charge in [0.05, 0.1) is 0 Å². The first kappa shape index (κ1) is 13.6. The lowest BCUT2D eigenvalue weighted by Crippen LogP contribution is -2.13. The van der Waals surface area contributed by atoms with Crippen LogP contribution in [0.4, 0.5) is 0 Å². The molecule has 0 aliphatic heterocycles. The van der Waals surface area contributed by atoms with Gasteiger partial charge in [-0.1, -0.05) is 48.0 Å². The molecule has 3 heteroatoms. The Morgan fingerprint density at radius 2 is 1.38 bits per heavy atom. The zero-order valence-electron chi connectivity index (χ0n) is 11.6. The molecule has 0 spiro atoms. The molecule has 0 heterocycles. The summed E-state index contributed by atoms with van der Waals surface area (Å²) in [5, 5.41) is 2.36. The molecular formula is C18H14O2S. The van der Waals surface area contributed by atoms with Crippen LogP contribution in [0.5, 0.6) is 11.5 Å². The molecule has 21 heavy (non-hydrogen) atoms. The van der Waals surface area contributed by atoms with Crippen molar-refractivity contribution in [2.24, 2.45) is 0 Å². The van der Waals surface area contributed by atoms with Crippen molar-refractivity contribution < 1.29 is 9.47 Å². The van der Waals surface area contributed by atoms with E-state index < -0.39 is 0 Å². The fraction of sp³-hybridized carbons (Fsp3) is 0.0556. The standard InChI is InChI=1S/C18H14O2S/c1-13-6-9-16(10-7-13)19-18(21)20-17-11-8-14-4-2-3-5-15(14)12-17/h2-12H,1H3. The molecule has 3 aromatic rings. The fourth-order valence-corrected chi connectivity index (χ4v) is 2.24. The predicted octanol–water partition coefficient (Wildman–Crippen LogP) is 4.89. The van der Waals surface area contributed by atoms with Crippen LogP contribution in [0.2, 0.25) is 0 Å². The zero-order valence-corrected chi connectivity index (χ0v) is 12.4. The first-order valence-corrected chi connectivity index (χ1v) is 7.07. The largest absolute Gasteiger partial charge is 0.417 e. The minimum absolute atomic E-state index is 0.0918. The number of hydrogen-bond donors (Lipinski definition) is 0. The molecule has 0 saturated heterocycles. The molecule has 0 aliphatic carbocycles. The second-order valence-corrected chi connectivity index (χ2v) is 5.11. The average Bonchev–Trinajstić information content (AvgIpc) is 2.49. The van der Waals surface area contributed by atoms with Gasteiger partial charge in [-0.25, -0.2) is 0 Å². The molecule has 3 rings (SSSR count). The average molecular weight is 294 g/mol. The van der Waals surface area contributed by atoms with Crippen LogP contribution in [0.15, 0.2) is 66.7 Å². The second-order valence-electron chi connectivity index (χ2n) is 4.78. The molecule has 0 saturated carbocycles. The van der Waals surface area contributed by atoms with Crippen molar-refractivity contribution in [1.29, 1.82) is 0 Å². The number of ether oxygens (including phenoxy) is 2. The summed E-state index contributed by atoms with van der Waals surface area (Å²) in [6.45, 7) is 2.02. The van der Waals surface area contributed by atoms with Crippen molar-refractivity contribution in [3.63, 3.8) is 0 Å². The van der Waals surface area contributed by atoms with Crippen LogP contribution in [-0.2, 0) is 0 Å². The van der Waals surface area contributed by atoms with Gasteiger partial charge in [0, 0.05) is 12.2 Å². The lowest BCUT2D eigenvalue weighted by molar-refractivity contribution is 0.404. The predicted molar refractivity (Wildman–Crippen MR) is 89.0 cm³/mol. The molecule has 0 atom stereocenters. The normalized spacial score (nSPS) is 10.3. The molecule has 0 fully saturated rings. The van der Waals surface area contributed by atoms with Crippen LogP contribution < -0.4 is 9.47 Å². The Balaban J connectivity index is 1.72. The van der Waals surface area contributed by atoms with Crippen LogP contribution in [0.3, 0.4) is 0 Å². The lowest BCUT2D eigenvalue weighted by Gasteiger charge is -2.09. The maximum Gasteiger partial charge on any atom is 0.363 e. The fourth-order valence-electron chi connectivity index (χ4n) is 2.05. The summed E-state index contributed by atoms with van der Waals surface area (Å²) in [5.41, 5.74) is 1.17. The van der Waals surface area contributed by atoms with E-state index in [-0.39, 0.29) is 5.24 Å². The summed E-state index contributed by atoms with van der Waals surface area (Å²) in [4.78, 5) is 0. The van der Waals surface area contributed by atoms with Crippen molar-refractivity contribution in [2.75, 3.05) is 0 Å². The van der Waals surface area contributed by atoms with E-state index in [9.17, 15) is 0 Å². The van der Waals surface area contributed by atoms with E-state index in [0.29, 0.717) is 11.5 Å². The summed E-state index contributed by atoms with van der Waals surface area (Å²) < 4.78 is 11.1. The van der Waals surface area contributed by atoms with Gasteiger partial charge in [0.1, 0.15) is 11.5 Å². The van der Waals surface area contributed by atoms with Crippen molar-refractivity contribution in [2.45, 2.75) is 6.92 Å². The third-order valence-electron chi connectivity index (χ3n) is 3.14. The summed E-state index contributed by atoms with van der Waals surface area (Å²) >= 11 is 5.13. The molecule has 0 radical (unpaired) electrons. The Morgan fingerprint density at radius 1 is 0.762 bits per heavy atom. The highest BCUT2D eigenvalue weighted by Crippen LogP contribution is 2.21. The van der Waals surface area contributed by atoms with Gasteiger partial charge < -0.3 is 9.47 Å². The Bertz CT molecular complexity index is 779. The Morgan fingerprint density at radius 3 is 2.14 bits per heavy atom. The van der Waals surface area contributed by atoms with E-state index in [4.69, 9.17) is 21.7 Å². The third kappa shape index (κ3) is 3.38. The molecule has 3 aromatic carbocycles. The molecule has 0 amide bonds. The van der Waals surface area contributed by atoms with Crippen LogP contribution in [-0.4, -0.2) is 5.24 Å². The van der Waals surface area contributed by atoms with Crippen LogP contribution in [0.1, 0.15) is 5.56 Å². The van der Waals surface area contributed by atoms with Gasteiger partial charge in [0.2, 0.25) is 0 Å². The van der Waals surface area contributed by atoms with E-state index in [0.717, 1.165) is 10.8 Å². The molecule has 0 aliphatic rings. The SMILES string of the molecule is Cc1ccc(OC(=S)Oc2ccc3ccccc3c2)cc1. The highest BCUT2D eigenvalue weighted by molar-refractivity contribution is 7.79. The van der Waals surface area contributed by atoms with E-state index in [2.05, 4.69) is 6.07 Å². The Labute approximate surface area is 128 Å². The Hall–Kier alpha value is -2.39. The highest BCUT2D eigenvalue weighted by Gasteiger charge is 2.04. The summed E-state index contributed by atoms with van der Waals surface area (Å²) in [7, 11) is 0. The minimum atomic E-state index is 0.0918. The monoisotopic (exact) mass is 294 g/mol. The van der Waals surface area contributed by atoms with Crippen LogP contribution >= 0.6 is 12.2 Å². The van der Waals surface area contributed by atoms with Crippen molar-refractivity contribution >= 4 is 28.2 Å². The molecule has 0 N–H and O–H groups in total. The number of rotatable bonds is 2. The van der Waals surface area contributed by atoms with Crippen LogP contribution in [0, 0.1) is 6.92 Å². The minimum Gasteiger partial charge on any atom is -0.417 e. The van der Waals surface area contributed by atoms with Gasteiger partial charge in [-0.3, -0.25) is 0 Å². The molecule has 104 valence electrons. The van der Waals surface area contributed by atoms with E-state index in [1.807, 2.05) is 67.6 Å². The summed E-state index contributed by atoms with van der Waals surface area (Å²) in [6, 6.07) is 21.6. The van der Waals surface area contributed by atoms with E-state index in [1.54, 1.807) is 0 Å². The smallest absolute Gasteiger partial charge is 0.363 e. The third-order valence-corrected chi connectivity index (χ3v) is 3.31. The van der Waals surface area contributed by atoms with Crippen LogP contribution in [0.25, 0.3) is 10.8 Å². The maximum absolute atomic E-state index is 5.57. The quantitative estimate of drug-likeness (QED) is 0.627. The van der Waals surface area contributed by atoms with Gasteiger partial charge in [0.15, 0.2) is 0 Å². The summed E-state index contributed by atoms with van der Waals surface area (Å²) in [6.07, 6.45) is 0. The topological polar surface area (TPSA) is 18.5 Å². The summed E-state index contributed by atoms with van der Waals surface area (Å²) in [5.74, 6) is 1.34. The maximum atomic E-state index is 5.57. The van der Waals surface area contributed by atoms with Crippen molar-refractivity contribution in [1.82, 2.24) is 0 Å². The van der Waals surface area contributed by atoms with E-state index >= 15 is 0 Å². The molecule has 0 unspecified atom stereocenters. The number of benzene rings is 3. The first-order valence-electron chi connectivity index (χ1n) is 6.66. The van der Waals surface area contributed by atoms with E-state index in [1.165, 1.54) is 5.56 Å². The first-order chi connectivity index (χ1) is 10.2. The highest BCUT2D eigenvalue weighted by atomic mass is 32.1. The van der Waals surface area contributed by atoms with Gasteiger partial charge in [0.25, 0.3) is 0 Å². The van der Waals surface area contributed by atoms with Gasteiger partial charge in [-0.2, -0.15) is 0 Å². The van der Waals surface area contributed by atoms with Crippen molar-refractivity contribution in [3.8, 4) is 11.5 Å². The second kappa shape index (κ2) is 5.94. The number of thiocarbonyl (C=S) groups is 1.